The Bertz CT molecular complexity index is 618. The van der Waals surface area contributed by atoms with E-state index in [1.807, 2.05) is 24.3 Å². The molecule has 0 unspecified atom stereocenters. The van der Waals surface area contributed by atoms with Crippen molar-refractivity contribution in [2.45, 2.75) is 32.1 Å². The summed E-state index contributed by atoms with van der Waals surface area (Å²) in [5, 5.41) is 3.44. The van der Waals surface area contributed by atoms with Gasteiger partial charge in [0.05, 0.1) is 11.4 Å². The first kappa shape index (κ1) is 17.8. The fourth-order valence-electron chi connectivity index (χ4n) is 3.70. The molecule has 3 N–H and O–H groups in total. The molecule has 1 heterocycles. The Morgan fingerprint density at radius 1 is 0.920 bits per heavy atom. The molecule has 3 rings (SSSR count). The van der Waals surface area contributed by atoms with Gasteiger partial charge in [-0.15, -0.1) is 0 Å². The molecule has 3 nitrogen and oxygen atoms in total. The highest BCUT2D eigenvalue weighted by atomic mass is 15.1. The fraction of sp³-hybridized carbons (Fsp3) is 0.455. The quantitative estimate of drug-likeness (QED) is 0.553. The van der Waals surface area contributed by atoms with Crippen LogP contribution in [0.5, 0.6) is 0 Å². The summed E-state index contributed by atoms with van der Waals surface area (Å²) in [6.07, 6.45) is 6.37. The van der Waals surface area contributed by atoms with Crippen LogP contribution in [0.15, 0.2) is 54.6 Å². The second-order valence-electron chi connectivity index (χ2n) is 7.20. The topological polar surface area (TPSA) is 41.3 Å². The molecule has 0 saturated carbocycles. The van der Waals surface area contributed by atoms with Gasteiger partial charge in [-0.05, 0) is 75.4 Å². The van der Waals surface area contributed by atoms with E-state index in [1.165, 1.54) is 57.3 Å². The molecule has 1 fully saturated rings. The summed E-state index contributed by atoms with van der Waals surface area (Å²) < 4.78 is 0. The van der Waals surface area contributed by atoms with Crippen molar-refractivity contribution in [2.24, 2.45) is 5.92 Å². The van der Waals surface area contributed by atoms with Crippen LogP contribution in [-0.2, 0) is 6.42 Å². The Hall–Kier alpha value is -2.00. The number of nitrogens with one attached hydrogen (secondary N) is 1. The average Bonchev–Trinajstić information content (AvgIpc) is 2.65. The highest BCUT2D eigenvalue weighted by Gasteiger charge is 2.18. The van der Waals surface area contributed by atoms with Crippen molar-refractivity contribution in [1.29, 1.82) is 0 Å². The SMILES string of the molecule is Nc1ccccc1NCCCCN1CCC(Cc2ccccc2)CC1. The highest BCUT2D eigenvalue weighted by Crippen LogP contribution is 2.22. The molecule has 0 atom stereocenters. The lowest BCUT2D eigenvalue weighted by Crippen LogP contribution is -2.35. The molecule has 0 aliphatic carbocycles. The third-order valence-electron chi connectivity index (χ3n) is 5.25. The van der Waals surface area contributed by atoms with Crippen molar-refractivity contribution in [3.05, 3.63) is 60.2 Å². The third-order valence-corrected chi connectivity index (χ3v) is 5.25. The van der Waals surface area contributed by atoms with E-state index >= 15 is 0 Å². The molecule has 134 valence electrons. The Morgan fingerprint density at radius 2 is 1.64 bits per heavy atom. The molecule has 0 radical (unpaired) electrons. The van der Waals surface area contributed by atoms with Gasteiger partial charge >= 0.3 is 0 Å². The van der Waals surface area contributed by atoms with Gasteiger partial charge in [-0.25, -0.2) is 0 Å². The van der Waals surface area contributed by atoms with E-state index in [0.29, 0.717) is 0 Å². The number of hydrogen-bond acceptors (Lipinski definition) is 3. The number of anilines is 2. The average molecular weight is 338 g/mol. The predicted octanol–water partition coefficient (Wildman–Crippen LogP) is 4.42. The number of nitrogen functional groups attached to an aromatic ring is 1. The van der Waals surface area contributed by atoms with Crippen molar-refractivity contribution in [2.75, 3.05) is 37.2 Å². The van der Waals surface area contributed by atoms with Crippen molar-refractivity contribution in [3.8, 4) is 0 Å². The molecule has 3 heteroatoms. The molecule has 0 bridgehead atoms. The van der Waals surface area contributed by atoms with Crippen LogP contribution in [0, 0.1) is 5.92 Å². The van der Waals surface area contributed by atoms with Crippen molar-refractivity contribution in [1.82, 2.24) is 4.90 Å². The first-order chi connectivity index (χ1) is 12.3. The fourth-order valence-corrected chi connectivity index (χ4v) is 3.70. The van der Waals surface area contributed by atoms with E-state index in [-0.39, 0.29) is 0 Å². The van der Waals surface area contributed by atoms with E-state index in [4.69, 9.17) is 5.73 Å². The van der Waals surface area contributed by atoms with Crippen LogP contribution in [0.25, 0.3) is 0 Å². The first-order valence-electron chi connectivity index (χ1n) is 9.66. The van der Waals surface area contributed by atoms with E-state index in [0.717, 1.165) is 23.8 Å². The van der Waals surface area contributed by atoms with Crippen LogP contribution < -0.4 is 11.1 Å². The maximum atomic E-state index is 5.95. The van der Waals surface area contributed by atoms with E-state index < -0.39 is 0 Å². The summed E-state index contributed by atoms with van der Waals surface area (Å²) in [5.41, 5.74) is 9.34. The number of rotatable bonds is 8. The van der Waals surface area contributed by atoms with Crippen LogP contribution in [0.1, 0.15) is 31.2 Å². The number of unbranched alkanes of at least 4 members (excludes halogenated alkanes) is 1. The molecule has 1 aliphatic heterocycles. The maximum Gasteiger partial charge on any atom is 0.0573 e. The van der Waals surface area contributed by atoms with Gasteiger partial charge in [0, 0.05) is 6.54 Å². The van der Waals surface area contributed by atoms with Gasteiger partial charge in [-0.3, -0.25) is 0 Å². The van der Waals surface area contributed by atoms with Gasteiger partial charge in [-0.1, -0.05) is 42.5 Å². The van der Waals surface area contributed by atoms with Gasteiger partial charge in [0.15, 0.2) is 0 Å². The van der Waals surface area contributed by atoms with Crippen LogP contribution in [0.4, 0.5) is 11.4 Å². The minimum Gasteiger partial charge on any atom is -0.397 e. The smallest absolute Gasteiger partial charge is 0.0573 e. The number of para-hydroxylation sites is 2. The second-order valence-corrected chi connectivity index (χ2v) is 7.20. The van der Waals surface area contributed by atoms with Gasteiger partial charge in [0.2, 0.25) is 0 Å². The normalized spacial score (nSPS) is 16.0. The van der Waals surface area contributed by atoms with E-state index in [1.54, 1.807) is 0 Å². The molecule has 0 spiro atoms. The molecule has 0 amide bonds. The van der Waals surface area contributed by atoms with E-state index in [9.17, 15) is 0 Å². The molecule has 1 saturated heterocycles. The number of benzene rings is 2. The Kier molecular flexibility index (Phi) is 6.75. The largest absolute Gasteiger partial charge is 0.397 e. The molecule has 0 aromatic heterocycles. The number of hydrogen-bond donors (Lipinski definition) is 2. The zero-order valence-corrected chi connectivity index (χ0v) is 15.2. The molecule has 1 aliphatic rings. The van der Waals surface area contributed by atoms with Crippen LogP contribution >= 0.6 is 0 Å². The summed E-state index contributed by atoms with van der Waals surface area (Å²) in [4.78, 5) is 2.64. The summed E-state index contributed by atoms with van der Waals surface area (Å²) in [6.45, 7) is 4.75. The van der Waals surface area contributed by atoms with Gasteiger partial charge in [0.25, 0.3) is 0 Å². The molecule has 2 aromatic rings. The molecule has 25 heavy (non-hydrogen) atoms. The van der Waals surface area contributed by atoms with Crippen molar-refractivity contribution < 1.29 is 0 Å². The number of likely N-dealkylation sites (tertiary alicyclic amines) is 1. The minimum absolute atomic E-state index is 0.836. The summed E-state index contributed by atoms with van der Waals surface area (Å²) >= 11 is 0. The van der Waals surface area contributed by atoms with E-state index in [2.05, 4.69) is 40.5 Å². The highest BCUT2D eigenvalue weighted by molar-refractivity contribution is 5.65. The predicted molar refractivity (Wildman–Crippen MR) is 108 cm³/mol. The van der Waals surface area contributed by atoms with Crippen molar-refractivity contribution >= 4 is 11.4 Å². The molecule has 2 aromatic carbocycles. The monoisotopic (exact) mass is 337 g/mol. The number of nitrogens with two attached hydrogens (primary N) is 1. The Balaban J connectivity index is 1.27. The van der Waals surface area contributed by atoms with Crippen molar-refractivity contribution in [3.63, 3.8) is 0 Å². The standard InChI is InChI=1S/C22H31N3/c23-21-10-4-5-11-22(21)24-14-6-7-15-25-16-12-20(13-17-25)18-19-8-2-1-3-9-19/h1-5,8-11,20,24H,6-7,12-18,23H2. The lowest BCUT2D eigenvalue weighted by atomic mass is 9.90. The van der Waals surface area contributed by atoms with Crippen LogP contribution in [-0.4, -0.2) is 31.1 Å². The maximum absolute atomic E-state index is 5.95. The zero-order valence-electron chi connectivity index (χ0n) is 15.2. The summed E-state index contributed by atoms with van der Waals surface area (Å²) in [6, 6.07) is 18.9. The second kappa shape index (κ2) is 9.47. The minimum atomic E-state index is 0.836. The number of piperidine rings is 1. The Morgan fingerprint density at radius 3 is 2.40 bits per heavy atom. The summed E-state index contributed by atoms with van der Waals surface area (Å²) in [5.74, 6) is 0.862. The zero-order chi connectivity index (χ0) is 17.3. The molecular formula is C22H31N3. The number of nitrogens with zero attached hydrogens (tertiary/aromatic N) is 1. The first-order valence-corrected chi connectivity index (χ1v) is 9.66. The van der Waals surface area contributed by atoms with Gasteiger partial charge in [0.1, 0.15) is 0 Å². The van der Waals surface area contributed by atoms with Crippen LogP contribution in [0.3, 0.4) is 0 Å². The molecular weight excluding hydrogens is 306 g/mol. The van der Waals surface area contributed by atoms with Crippen LogP contribution in [0.2, 0.25) is 0 Å². The van der Waals surface area contributed by atoms with Gasteiger partial charge < -0.3 is 16.0 Å². The lowest BCUT2D eigenvalue weighted by molar-refractivity contribution is 0.182. The Labute approximate surface area is 152 Å². The lowest BCUT2D eigenvalue weighted by Gasteiger charge is -2.32. The summed E-state index contributed by atoms with van der Waals surface area (Å²) in [7, 11) is 0. The van der Waals surface area contributed by atoms with Gasteiger partial charge in [-0.2, -0.15) is 0 Å². The third kappa shape index (κ3) is 5.79.